The van der Waals surface area contributed by atoms with Crippen LogP contribution < -0.4 is 16.0 Å². The number of amides is 4. The third-order valence-electron chi connectivity index (χ3n) is 9.74. The van der Waals surface area contributed by atoms with Crippen LogP contribution in [0.15, 0.2) is 36.4 Å². The van der Waals surface area contributed by atoms with Gasteiger partial charge in [0.25, 0.3) is 5.91 Å². The van der Waals surface area contributed by atoms with Crippen molar-refractivity contribution in [3.63, 3.8) is 0 Å². The molecule has 3 aliphatic rings. The van der Waals surface area contributed by atoms with E-state index in [2.05, 4.69) is 22.9 Å². The van der Waals surface area contributed by atoms with Gasteiger partial charge in [-0.2, -0.15) is 0 Å². The summed E-state index contributed by atoms with van der Waals surface area (Å²) >= 11 is 0. The van der Waals surface area contributed by atoms with Crippen molar-refractivity contribution >= 4 is 23.8 Å². The van der Waals surface area contributed by atoms with Gasteiger partial charge in [-0.15, -0.1) is 0 Å². The molecule has 248 valence electrons. The number of urea groups is 1. The summed E-state index contributed by atoms with van der Waals surface area (Å²) in [5.41, 5.74) is 0.312. The average molecular weight is 626 g/mol. The predicted molar refractivity (Wildman–Crippen MR) is 172 cm³/mol. The van der Waals surface area contributed by atoms with Crippen molar-refractivity contribution in [3.05, 3.63) is 47.5 Å². The summed E-state index contributed by atoms with van der Waals surface area (Å²) in [5, 5.41) is 29.8. The molecule has 4 atom stereocenters. The molecule has 0 radical (unpaired) electrons. The summed E-state index contributed by atoms with van der Waals surface area (Å²) in [5.74, 6) is -1.17. The lowest BCUT2D eigenvalue weighted by atomic mass is 9.79. The minimum atomic E-state index is -1.45. The Balaban J connectivity index is 1.31. The van der Waals surface area contributed by atoms with E-state index in [1.165, 1.54) is 4.90 Å². The third-order valence-corrected chi connectivity index (χ3v) is 9.74. The summed E-state index contributed by atoms with van der Waals surface area (Å²) in [4.78, 5) is 55.0. The Labute approximate surface area is 266 Å². The molecule has 11 nitrogen and oxygen atoms in total. The molecule has 11 heteroatoms. The Morgan fingerprint density at radius 1 is 1.09 bits per heavy atom. The van der Waals surface area contributed by atoms with Crippen LogP contribution in [0.25, 0.3) is 0 Å². The zero-order valence-electron chi connectivity index (χ0n) is 26.8. The molecule has 2 fully saturated rings. The quantitative estimate of drug-likeness (QED) is 0.107. The molecule has 5 N–H and O–H groups in total. The molecule has 4 amide bonds. The summed E-state index contributed by atoms with van der Waals surface area (Å²) in [6.45, 7) is 5.04. The number of hydrogen-bond acceptors (Lipinski definition) is 6. The summed E-state index contributed by atoms with van der Waals surface area (Å²) in [6.07, 6.45) is 11.3. The second kappa shape index (κ2) is 16.2. The van der Waals surface area contributed by atoms with Crippen molar-refractivity contribution in [2.45, 2.75) is 108 Å². The first-order valence-corrected chi connectivity index (χ1v) is 16.8. The molecule has 1 saturated heterocycles. The van der Waals surface area contributed by atoms with Gasteiger partial charge in [0.15, 0.2) is 0 Å². The second-order valence-electron chi connectivity index (χ2n) is 12.7. The van der Waals surface area contributed by atoms with E-state index < -0.39 is 29.8 Å². The molecule has 2 aliphatic heterocycles. The van der Waals surface area contributed by atoms with E-state index in [4.69, 9.17) is 0 Å². The average Bonchev–Trinajstić information content (AvgIpc) is 3.50. The smallest absolute Gasteiger partial charge is 0.327 e. The number of allylic oxidation sites excluding steroid dienone is 1. The lowest BCUT2D eigenvalue weighted by Crippen LogP contribution is -2.60. The lowest BCUT2D eigenvalue weighted by Gasteiger charge is -2.39. The lowest BCUT2D eigenvalue weighted by molar-refractivity contribution is -0.145. The van der Waals surface area contributed by atoms with Gasteiger partial charge in [0.05, 0.1) is 18.6 Å². The number of aliphatic hydroxyl groups excluding tert-OH is 1. The number of carbonyl (C=O) groups excluding carboxylic acids is 3. The van der Waals surface area contributed by atoms with Crippen LogP contribution in [0.4, 0.5) is 4.79 Å². The maximum absolute atomic E-state index is 13.2. The SMILES string of the molecule is CCCCC/C=C\[C@@](CC)(NC(O)[C@@H]1CCCN1C(=O)CNC(=O)N[C@H](CN1CCc2ccccc2C1=O)C1CCC1)C(=O)O. The first-order valence-electron chi connectivity index (χ1n) is 16.8. The van der Waals surface area contributed by atoms with Crippen LogP contribution in [-0.2, 0) is 16.0 Å². The molecule has 1 aromatic rings. The van der Waals surface area contributed by atoms with Crippen molar-refractivity contribution in [1.82, 2.24) is 25.8 Å². The van der Waals surface area contributed by atoms with Crippen molar-refractivity contribution in [2.75, 3.05) is 26.2 Å². The Morgan fingerprint density at radius 3 is 2.56 bits per heavy atom. The standard InChI is InChI=1S/C34H51N5O6/c1-3-5-6-7-10-19-34(4-2,32(43)44)37-30(41)28-17-12-20-39(28)29(40)22-35-33(45)36-27(25-14-11-15-25)23-38-21-18-24-13-8-9-16-26(24)31(38)42/h8-10,13,16,19,25,27-28,30,37,41H,3-7,11-12,14-15,17-18,20-23H2,1-2H3,(H,43,44)(H2,35,36,45)/b19-10-/t27-,28+,30?,34-/m1/s1. The largest absolute Gasteiger partial charge is 0.480 e. The molecular formula is C34H51N5O6. The minimum absolute atomic E-state index is 0.0206. The number of carbonyl (C=O) groups is 4. The highest BCUT2D eigenvalue weighted by Crippen LogP contribution is 2.31. The van der Waals surface area contributed by atoms with Gasteiger partial charge < -0.3 is 30.6 Å². The molecule has 2 heterocycles. The van der Waals surface area contributed by atoms with Gasteiger partial charge in [-0.25, -0.2) is 9.59 Å². The van der Waals surface area contributed by atoms with E-state index in [0.717, 1.165) is 56.9 Å². The van der Waals surface area contributed by atoms with E-state index in [9.17, 15) is 29.4 Å². The predicted octanol–water partition coefficient (Wildman–Crippen LogP) is 3.42. The molecule has 45 heavy (non-hydrogen) atoms. The molecule has 0 aromatic heterocycles. The number of carboxylic acids is 1. The van der Waals surface area contributed by atoms with Gasteiger partial charge in [0.2, 0.25) is 5.91 Å². The van der Waals surface area contributed by atoms with Crippen molar-refractivity contribution in [3.8, 4) is 0 Å². The maximum atomic E-state index is 13.2. The van der Waals surface area contributed by atoms with Gasteiger partial charge in [-0.1, -0.05) is 63.5 Å². The number of hydrogen-bond donors (Lipinski definition) is 5. The van der Waals surface area contributed by atoms with E-state index in [1.54, 1.807) is 13.0 Å². The summed E-state index contributed by atoms with van der Waals surface area (Å²) in [6, 6.07) is 6.33. The van der Waals surface area contributed by atoms with Crippen LogP contribution in [0, 0.1) is 5.92 Å². The highest BCUT2D eigenvalue weighted by Gasteiger charge is 2.41. The van der Waals surface area contributed by atoms with Crippen molar-refractivity contribution < 1.29 is 29.4 Å². The van der Waals surface area contributed by atoms with Crippen LogP contribution in [0.3, 0.4) is 0 Å². The molecule has 0 bridgehead atoms. The van der Waals surface area contributed by atoms with Gasteiger partial charge in [-0.05, 0) is 68.9 Å². The number of unbranched alkanes of at least 4 members (excludes halogenated alkanes) is 3. The van der Waals surface area contributed by atoms with Crippen LogP contribution in [0.2, 0.25) is 0 Å². The first-order chi connectivity index (χ1) is 21.7. The zero-order chi connectivity index (χ0) is 32.4. The maximum Gasteiger partial charge on any atom is 0.327 e. The monoisotopic (exact) mass is 625 g/mol. The fourth-order valence-electron chi connectivity index (χ4n) is 6.66. The second-order valence-corrected chi connectivity index (χ2v) is 12.7. The van der Waals surface area contributed by atoms with Gasteiger partial charge in [0.1, 0.15) is 11.8 Å². The number of rotatable bonds is 16. The number of benzene rings is 1. The molecule has 4 rings (SSSR count). The number of nitrogens with one attached hydrogen (secondary N) is 3. The number of carboxylic acid groups (broad SMARTS) is 1. The fraction of sp³-hybridized carbons (Fsp3) is 0.647. The highest BCUT2D eigenvalue weighted by atomic mass is 16.4. The van der Waals surface area contributed by atoms with E-state index in [1.807, 2.05) is 35.2 Å². The topological polar surface area (TPSA) is 151 Å². The third kappa shape index (κ3) is 8.64. The number of fused-ring (bicyclic) bond motifs is 1. The minimum Gasteiger partial charge on any atom is -0.480 e. The molecule has 1 unspecified atom stereocenters. The summed E-state index contributed by atoms with van der Waals surface area (Å²) in [7, 11) is 0. The van der Waals surface area contributed by atoms with E-state index in [0.29, 0.717) is 38.0 Å². The number of nitrogens with zero attached hydrogens (tertiary/aromatic N) is 2. The molecule has 1 aliphatic carbocycles. The normalized spacial score (nSPS) is 21.1. The number of aliphatic hydroxyl groups is 1. The van der Waals surface area contributed by atoms with Gasteiger partial charge in [-0.3, -0.25) is 14.9 Å². The molecule has 1 aromatic carbocycles. The molecule has 0 spiro atoms. The van der Waals surface area contributed by atoms with Crippen LogP contribution in [0.5, 0.6) is 0 Å². The molecular weight excluding hydrogens is 574 g/mol. The van der Waals surface area contributed by atoms with E-state index in [-0.39, 0.29) is 36.7 Å². The number of aliphatic carboxylic acids is 1. The highest BCUT2D eigenvalue weighted by molar-refractivity contribution is 5.96. The number of likely N-dealkylation sites (tertiary alicyclic amines) is 1. The van der Waals surface area contributed by atoms with Gasteiger partial charge in [0, 0.05) is 25.2 Å². The Hall–Kier alpha value is -3.44. The Morgan fingerprint density at radius 2 is 1.87 bits per heavy atom. The van der Waals surface area contributed by atoms with Crippen LogP contribution in [0.1, 0.15) is 94.0 Å². The first kappa shape index (κ1) is 34.4. The van der Waals surface area contributed by atoms with Gasteiger partial charge >= 0.3 is 12.0 Å². The summed E-state index contributed by atoms with van der Waals surface area (Å²) < 4.78 is 0. The van der Waals surface area contributed by atoms with E-state index >= 15 is 0 Å². The Kier molecular flexibility index (Phi) is 12.4. The van der Waals surface area contributed by atoms with Crippen molar-refractivity contribution in [2.24, 2.45) is 5.92 Å². The van der Waals surface area contributed by atoms with Crippen LogP contribution in [-0.4, -0.2) is 93.9 Å². The Bertz CT molecular complexity index is 1220. The molecule has 1 saturated carbocycles. The zero-order valence-corrected chi connectivity index (χ0v) is 26.8. The fourth-order valence-corrected chi connectivity index (χ4v) is 6.66. The van der Waals surface area contributed by atoms with Crippen LogP contribution >= 0.6 is 0 Å². The van der Waals surface area contributed by atoms with Crippen molar-refractivity contribution in [1.29, 1.82) is 0 Å².